The topological polar surface area (TPSA) is 72.8 Å². The molecule has 0 saturated heterocycles. The molecule has 0 bridgehead atoms. The van der Waals surface area contributed by atoms with Crippen LogP contribution in [0.25, 0.3) is 0 Å². The van der Waals surface area contributed by atoms with Crippen molar-refractivity contribution in [2.24, 2.45) is 0 Å². The zero-order valence-corrected chi connectivity index (χ0v) is 11.5. The van der Waals surface area contributed by atoms with E-state index in [0.717, 1.165) is 12.2 Å². The van der Waals surface area contributed by atoms with Gasteiger partial charge in [-0.25, -0.2) is 9.59 Å². The Morgan fingerprint density at radius 2 is 1.88 bits per heavy atom. The van der Waals surface area contributed by atoms with E-state index in [1.807, 2.05) is 20.0 Å². The summed E-state index contributed by atoms with van der Waals surface area (Å²) in [6.07, 6.45) is 3.29. The van der Waals surface area contributed by atoms with E-state index in [9.17, 15) is 9.59 Å². The summed E-state index contributed by atoms with van der Waals surface area (Å²) >= 11 is 0. The Balaban J connectivity index is 4.63. The number of allylic oxidation sites excluding steroid dienone is 1. The molecule has 0 aliphatic heterocycles. The summed E-state index contributed by atoms with van der Waals surface area (Å²) in [5.74, 6) is -1.90. The standard InChI is InChI=1S/C11H18O5Si/c1-5-11(17(3,4)15-6-2)16-10(14)8-7-9(12)13/h5,7-8H,6H2,1-4H3,(H,12,13). The van der Waals surface area contributed by atoms with Crippen LogP contribution in [0, 0.1) is 0 Å². The van der Waals surface area contributed by atoms with Crippen molar-refractivity contribution in [2.75, 3.05) is 6.61 Å². The van der Waals surface area contributed by atoms with E-state index >= 15 is 0 Å². The second-order valence-corrected chi connectivity index (χ2v) is 7.49. The van der Waals surface area contributed by atoms with Gasteiger partial charge in [0.05, 0.1) is 0 Å². The summed E-state index contributed by atoms with van der Waals surface area (Å²) in [5.41, 5.74) is 0. The maximum atomic E-state index is 11.3. The van der Waals surface area contributed by atoms with Crippen LogP contribution in [0.3, 0.4) is 0 Å². The summed E-state index contributed by atoms with van der Waals surface area (Å²) in [6, 6.07) is 0. The van der Waals surface area contributed by atoms with Crippen LogP contribution in [0.5, 0.6) is 0 Å². The normalized spacial score (nSPS) is 12.8. The molecule has 0 saturated carbocycles. The number of carboxylic acid groups (broad SMARTS) is 1. The van der Waals surface area contributed by atoms with E-state index in [4.69, 9.17) is 14.3 Å². The Morgan fingerprint density at radius 1 is 1.29 bits per heavy atom. The Morgan fingerprint density at radius 3 is 2.29 bits per heavy atom. The number of esters is 1. The Labute approximate surface area is 102 Å². The number of hydrogen-bond donors (Lipinski definition) is 1. The lowest BCUT2D eigenvalue weighted by Crippen LogP contribution is -2.35. The summed E-state index contributed by atoms with van der Waals surface area (Å²) < 4.78 is 10.6. The number of ether oxygens (including phenoxy) is 1. The second kappa shape index (κ2) is 7.03. The Hall–Kier alpha value is -1.40. The third-order valence-electron chi connectivity index (χ3n) is 1.93. The smallest absolute Gasteiger partial charge is 0.335 e. The van der Waals surface area contributed by atoms with Crippen molar-refractivity contribution < 1.29 is 23.9 Å². The lowest BCUT2D eigenvalue weighted by molar-refractivity contribution is -0.135. The predicted molar refractivity (Wildman–Crippen MR) is 65.7 cm³/mol. The third-order valence-corrected chi connectivity index (χ3v) is 4.52. The molecule has 0 aliphatic carbocycles. The van der Waals surface area contributed by atoms with E-state index in [2.05, 4.69) is 0 Å². The van der Waals surface area contributed by atoms with E-state index < -0.39 is 20.3 Å². The first-order chi connectivity index (χ1) is 7.83. The average molecular weight is 258 g/mol. The van der Waals surface area contributed by atoms with Crippen LogP contribution in [-0.4, -0.2) is 32.0 Å². The molecule has 0 aromatic rings. The first kappa shape index (κ1) is 15.6. The molecule has 0 spiro atoms. The molecule has 0 aliphatic rings. The monoisotopic (exact) mass is 258 g/mol. The zero-order valence-electron chi connectivity index (χ0n) is 10.5. The van der Waals surface area contributed by atoms with Gasteiger partial charge in [0.2, 0.25) is 0 Å². The molecule has 0 radical (unpaired) electrons. The SMILES string of the molecule is CC=C(OC(=O)C=CC(=O)O)[Si](C)(C)OCC. The maximum Gasteiger partial charge on any atom is 0.335 e. The number of carbonyl (C=O) groups is 2. The van der Waals surface area contributed by atoms with Crippen LogP contribution < -0.4 is 0 Å². The molecule has 0 rings (SSSR count). The van der Waals surface area contributed by atoms with Crippen LogP contribution in [0.2, 0.25) is 13.1 Å². The minimum atomic E-state index is -2.22. The number of aliphatic carboxylic acids is 1. The molecule has 0 aromatic heterocycles. The predicted octanol–water partition coefficient (Wildman–Crippen LogP) is 1.85. The highest BCUT2D eigenvalue weighted by Gasteiger charge is 2.30. The molecule has 0 unspecified atom stereocenters. The van der Waals surface area contributed by atoms with Gasteiger partial charge in [-0.1, -0.05) is 6.08 Å². The number of carboxylic acids is 1. The minimum absolute atomic E-state index is 0.486. The fraction of sp³-hybridized carbons (Fsp3) is 0.455. The molecule has 17 heavy (non-hydrogen) atoms. The van der Waals surface area contributed by atoms with Crippen LogP contribution in [-0.2, 0) is 18.8 Å². The quantitative estimate of drug-likeness (QED) is 0.341. The molecule has 6 heteroatoms. The fourth-order valence-corrected chi connectivity index (χ4v) is 3.15. The summed E-state index contributed by atoms with van der Waals surface area (Å²) in [7, 11) is -2.22. The molecule has 1 N–H and O–H groups in total. The van der Waals surface area contributed by atoms with Gasteiger partial charge in [0, 0.05) is 18.8 Å². The van der Waals surface area contributed by atoms with E-state index in [1.54, 1.807) is 13.0 Å². The fourth-order valence-electron chi connectivity index (χ4n) is 1.24. The molecule has 0 atom stereocenters. The summed E-state index contributed by atoms with van der Waals surface area (Å²) in [4.78, 5) is 21.6. The first-order valence-electron chi connectivity index (χ1n) is 5.27. The van der Waals surface area contributed by atoms with Crippen molar-refractivity contribution in [3.8, 4) is 0 Å². The highest BCUT2D eigenvalue weighted by atomic mass is 28.4. The van der Waals surface area contributed by atoms with Gasteiger partial charge in [0.15, 0.2) is 0 Å². The van der Waals surface area contributed by atoms with Crippen LogP contribution >= 0.6 is 0 Å². The van der Waals surface area contributed by atoms with E-state index in [1.165, 1.54) is 0 Å². The van der Waals surface area contributed by atoms with Crippen LogP contribution in [0.15, 0.2) is 23.6 Å². The van der Waals surface area contributed by atoms with Gasteiger partial charge in [-0.05, 0) is 26.9 Å². The summed E-state index contributed by atoms with van der Waals surface area (Å²) in [5, 5.41) is 8.86. The highest BCUT2D eigenvalue weighted by molar-refractivity contribution is 6.78. The highest BCUT2D eigenvalue weighted by Crippen LogP contribution is 2.17. The number of rotatable bonds is 6. The number of carbonyl (C=O) groups excluding carboxylic acids is 1. The van der Waals surface area contributed by atoms with Crippen molar-refractivity contribution in [1.29, 1.82) is 0 Å². The maximum absolute atomic E-state index is 11.3. The van der Waals surface area contributed by atoms with Gasteiger partial charge < -0.3 is 14.3 Å². The zero-order chi connectivity index (χ0) is 13.5. The Kier molecular flexibility index (Phi) is 6.45. The third kappa shape index (κ3) is 6.03. The molecule has 0 heterocycles. The van der Waals surface area contributed by atoms with Crippen molar-refractivity contribution in [1.82, 2.24) is 0 Å². The lowest BCUT2D eigenvalue weighted by Gasteiger charge is -2.23. The molecular formula is C11H18O5Si. The average Bonchev–Trinajstić information content (AvgIpc) is 2.22. The van der Waals surface area contributed by atoms with E-state index in [-0.39, 0.29) is 0 Å². The molecular weight excluding hydrogens is 240 g/mol. The van der Waals surface area contributed by atoms with Gasteiger partial charge in [-0.15, -0.1) is 0 Å². The Bertz CT molecular complexity index is 344. The molecule has 96 valence electrons. The van der Waals surface area contributed by atoms with Crippen molar-refractivity contribution >= 4 is 20.3 Å². The van der Waals surface area contributed by atoms with Crippen LogP contribution in [0.4, 0.5) is 0 Å². The molecule has 0 aromatic carbocycles. The molecule has 0 fully saturated rings. The van der Waals surface area contributed by atoms with Gasteiger partial charge in [-0.2, -0.15) is 0 Å². The van der Waals surface area contributed by atoms with Crippen LogP contribution in [0.1, 0.15) is 13.8 Å². The second-order valence-electron chi connectivity index (χ2n) is 3.69. The largest absolute Gasteiger partial charge is 0.478 e. The lowest BCUT2D eigenvalue weighted by atomic mass is 10.5. The van der Waals surface area contributed by atoms with Gasteiger partial charge in [0.25, 0.3) is 8.32 Å². The van der Waals surface area contributed by atoms with Crippen molar-refractivity contribution in [3.63, 3.8) is 0 Å². The van der Waals surface area contributed by atoms with Gasteiger partial charge >= 0.3 is 11.9 Å². The number of hydrogen-bond acceptors (Lipinski definition) is 4. The molecule has 5 nitrogen and oxygen atoms in total. The minimum Gasteiger partial charge on any atom is -0.478 e. The first-order valence-corrected chi connectivity index (χ1v) is 8.17. The van der Waals surface area contributed by atoms with Gasteiger partial charge in [-0.3, -0.25) is 0 Å². The van der Waals surface area contributed by atoms with Gasteiger partial charge in [0.1, 0.15) is 5.38 Å². The summed E-state index contributed by atoms with van der Waals surface area (Å²) in [6.45, 7) is 7.96. The van der Waals surface area contributed by atoms with Crippen molar-refractivity contribution in [2.45, 2.75) is 26.9 Å². The van der Waals surface area contributed by atoms with E-state index in [0.29, 0.717) is 12.0 Å². The van der Waals surface area contributed by atoms with Crippen molar-refractivity contribution in [3.05, 3.63) is 23.6 Å². The molecule has 0 amide bonds.